The molecule has 1 aromatic carbocycles. The van der Waals surface area contributed by atoms with Gasteiger partial charge in [-0.15, -0.1) is 0 Å². The molecule has 2 aromatic rings. The lowest BCUT2D eigenvalue weighted by atomic mass is 10.0. The summed E-state index contributed by atoms with van der Waals surface area (Å²) in [7, 11) is 0. The van der Waals surface area contributed by atoms with E-state index in [0.717, 1.165) is 18.2 Å². The summed E-state index contributed by atoms with van der Waals surface area (Å²) in [6, 6.07) is 8.28. The summed E-state index contributed by atoms with van der Waals surface area (Å²) < 4.78 is 5.53. The van der Waals surface area contributed by atoms with E-state index in [1.165, 1.54) is 4.90 Å². The van der Waals surface area contributed by atoms with E-state index in [1.807, 2.05) is 18.2 Å². The van der Waals surface area contributed by atoms with Gasteiger partial charge < -0.3 is 14.4 Å². The van der Waals surface area contributed by atoms with Crippen LogP contribution in [0, 0.1) is 0 Å². The van der Waals surface area contributed by atoms with Gasteiger partial charge in [-0.3, -0.25) is 4.79 Å². The van der Waals surface area contributed by atoms with Crippen LogP contribution in [0.2, 0.25) is 0 Å². The van der Waals surface area contributed by atoms with Crippen LogP contribution in [0.3, 0.4) is 0 Å². The Morgan fingerprint density at radius 1 is 1.25 bits per heavy atom. The van der Waals surface area contributed by atoms with Crippen molar-refractivity contribution >= 4 is 22.8 Å². The number of likely N-dealkylation sites (tertiary alicyclic amines) is 1. The molecule has 0 aliphatic carbocycles. The van der Waals surface area contributed by atoms with Crippen LogP contribution >= 0.6 is 0 Å². The standard InChI is InChI=1S/C15H15NO4/c17-14(16-8-4-3-6-11(16)15(18)19)13-9-10-5-1-2-7-12(10)20-13/h1-2,5,7,9,11H,3-4,6,8H2,(H,18,19). The SMILES string of the molecule is O=C(O)C1CCCCN1C(=O)c1cc2ccccc2o1. The van der Waals surface area contributed by atoms with Gasteiger partial charge in [0.25, 0.3) is 5.91 Å². The molecule has 5 nitrogen and oxygen atoms in total. The molecular formula is C15H15NO4. The summed E-state index contributed by atoms with van der Waals surface area (Å²) in [4.78, 5) is 25.1. The summed E-state index contributed by atoms with van der Waals surface area (Å²) in [6.07, 6.45) is 2.16. The van der Waals surface area contributed by atoms with Crippen molar-refractivity contribution in [2.45, 2.75) is 25.3 Å². The molecule has 0 bridgehead atoms. The van der Waals surface area contributed by atoms with Crippen LogP contribution < -0.4 is 0 Å². The third-order valence-corrected chi connectivity index (χ3v) is 3.69. The largest absolute Gasteiger partial charge is 0.480 e. The molecule has 1 aliphatic rings. The number of carbonyl (C=O) groups is 2. The minimum absolute atomic E-state index is 0.208. The normalized spacial score (nSPS) is 19.2. The van der Waals surface area contributed by atoms with Gasteiger partial charge in [0.15, 0.2) is 5.76 Å². The van der Waals surface area contributed by atoms with Gasteiger partial charge in [0.1, 0.15) is 11.6 Å². The number of carbonyl (C=O) groups excluding carboxylic acids is 1. The molecule has 1 atom stereocenters. The first-order valence-corrected chi connectivity index (χ1v) is 6.69. The number of rotatable bonds is 2. The van der Waals surface area contributed by atoms with Crippen LogP contribution in [0.15, 0.2) is 34.7 Å². The van der Waals surface area contributed by atoms with Crippen molar-refractivity contribution in [2.75, 3.05) is 6.54 Å². The maximum Gasteiger partial charge on any atom is 0.326 e. The Morgan fingerprint density at radius 3 is 2.80 bits per heavy atom. The Bertz CT molecular complexity index is 628. The number of hydrogen-bond acceptors (Lipinski definition) is 3. The molecule has 1 amide bonds. The van der Waals surface area contributed by atoms with Gasteiger partial charge in [0.05, 0.1) is 0 Å². The second kappa shape index (κ2) is 5.00. The highest BCUT2D eigenvalue weighted by Crippen LogP contribution is 2.24. The third-order valence-electron chi connectivity index (χ3n) is 3.69. The number of carboxylic acids is 1. The molecule has 1 unspecified atom stereocenters. The molecule has 1 aromatic heterocycles. The highest BCUT2D eigenvalue weighted by atomic mass is 16.4. The first kappa shape index (κ1) is 12.7. The number of piperidine rings is 1. The Hall–Kier alpha value is -2.30. The van der Waals surface area contributed by atoms with E-state index in [0.29, 0.717) is 18.5 Å². The molecule has 1 aliphatic heterocycles. The number of para-hydroxylation sites is 1. The molecule has 1 N–H and O–H groups in total. The van der Waals surface area contributed by atoms with Crippen molar-refractivity contribution in [1.29, 1.82) is 0 Å². The quantitative estimate of drug-likeness (QED) is 0.912. The van der Waals surface area contributed by atoms with Crippen molar-refractivity contribution in [3.05, 3.63) is 36.1 Å². The predicted molar refractivity (Wildman–Crippen MR) is 72.5 cm³/mol. The molecular weight excluding hydrogens is 258 g/mol. The fourth-order valence-electron chi connectivity index (χ4n) is 2.66. The molecule has 3 rings (SSSR count). The van der Waals surface area contributed by atoms with Crippen molar-refractivity contribution in [2.24, 2.45) is 0 Å². The minimum Gasteiger partial charge on any atom is -0.480 e. The summed E-state index contributed by atoms with van der Waals surface area (Å²) in [5.74, 6) is -1.08. The van der Waals surface area contributed by atoms with Crippen LogP contribution in [-0.4, -0.2) is 34.5 Å². The number of carboxylic acid groups (broad SMARTS) is 1. The smallest absolute Gasteiger partial charge is 0.326 e. The van der Waals surface area contributed by atoms with Gasteiger partial charge in [-0.2, -0.15) is 0 Å². The lowest BCUT2D eigenvalue weighted by Crippen LogP contribution is -2.47. The fourth-order valence-corrected chi connectivity index (χ4v) is 2.66. The lowest BCUT2D eigenvalue weighted by molar-refractivity contribution is -0.143. The number of hydrogen-bond donors (Lipinski definition) is 1. The van der Waals surface area contributed by atoms with Crippen LogP contribution in [-0.2, 0) is 4.79 Å². The molecule has 0 spiro atoms. The molecule has 0 radical (unpaired) electrons. The monoisotopic (exact) mass is 273 g/mol. The zero-order valence-electron chi connectivity index (χ0n) is 10.9. The zero-order chi connectivity index (χ0) is 14.1. The Morgan fingerprint density at radius 2 is 2.05 bits per heavy atom. The first-order valence-electron chi connectivity index (χ1n) is 6.69. The number of aliphatic carboxylic acids is 1. The van der Waals surface area contributed by atoms with E-state index in [4.69, 9.17) is 4.42 Å². The van der Waals surface area contributed by atoms with Crippen molar-refractivity contribution in [1.82, 2.24) is 4.90 Å². The molecule has 0 saturated carbocycles. The van der Waals surface area contributed by atoms with E-state index in [9.17, 15) is 14.7 Å². The molecule has 20 heavy (non-hydrogen) atoms. The van der Waals surface area contributed by atoms with Gasteiger partial charge in [-0.05, 0) is 31.4 Å². The topological polar surface area (TPSA) is 70.8 Å². The van der Waals surface area contributed by atoms with Gasteiger partial charge in [-0.25, -0.2) is 4.79 Å². The van der Waals surface area contributed by atoms with Gasteiger partial charge in [0.2, 0.25) is 0 Å². The Labute approximate surface area is 115 Å². The number of fused-ring (bicyclic) bond motifs is 1. The second-order valence-electron chi connectivity index (χ2n) is 5.00. The highest BCUT2D eigenvalue weighted by molar-refractivity contribution is 5.98. The Kier molecular flexibility index (Phi) is 3.18. The van der Waals surface area contributed by atoms with Gasteiger partial charge >= 0.3 is 5.97 Å². The maximum absolute atomic E-state index is 12.5. The predicted octanol–water partition coefficient (Wildman–Crippen LogP) is 2.51. The maximum atomic E-state index is 12.5. The number of furan rings is 1. The average molecular weight is 273 g/mol. The summed E-state index contributed by atoms with van der Waals surface area (Å²) in [5, 5.41) is 10.1. The highest BCUT2D eigenvalue weighted by Gasteiger charge is 2.33. The second-order valence-corrected chi connectivity index (χ2v) is 5.00. The van der Waals surface area contributed by atoms with Crippen molar-refractivity contribution in [3.8, 4) is 0 Å². The van der Waals surface area contributed by atoms with Crippen LogP contribution in [0.1, 0.15) is 29.8 Å². The Balaban J connectivity index is 1.92. The minimum atomic E-state index is -0.950. The van der Waals surface area contributed by atoms with Gasteiger partial charge in [-0.1, -0.05) is 18.2 Å². The molecule has 5 heteroatoms. The zero-order valence-corrected chi connectivity index (χ0v) is 10.9. The number of amides is 1. The van der Waals surface area contributed by atoms with Crippen molar-refractivity contribution in [3.63, 3.8) is 0 Å². The van der Waals surface area contributed by atoms with Crippen LogP contribution in [0.25, 0.3) is 11.0 Å². The first-order chi connectivity index (χ1) is 9.66. The van der Waals surface area contributed by atoms with E-state index in [1.54, 1.807) is 12.1 Å². The molecule has 2 heterocycles. The van der Waals surface area contributed by atoms with E-state index in [2.05, 4.69) is 0 Å². The molecule has 104 valence electrons. The van der Waals surface area contributed by atoms with Crippen LogP contribution in [0.5, 0.6) is 0 Å². The average Bonchev–Trinajstić information content (AvgIpc) is 2.90. The van der Waals surface area contributed by atoms with E-state index >= 15 is 0 Å². The van der Waals surface area contributed by atoms with E-state index < -0.39 is 12.0 Å². The summed E-state index contributed by atoms with van der Waals surface area (Å²) >= 11 is 0. The van der Waals surface area contributed by atoms with E-state index in [-0.39, 0.29) is 11.7 Å². The van der Waals surface area contributed by atoms with Crippen LogP contribution in [0.4, 0.5) is 0 Å². The van der Waals surface area contributed by atoms with Crippen molar-refractivity contribution < 1.29 is 19.1 Å². The number of nitrogens with zero attached hydrogens (tertiary/aromatic N) is 1. The summed E-state index contributed by atoms with van der Waals surface area (Å²) in [6.45, 7) is 0.465. The third kappa shape index (κ3) is 2.15. The molecule has 1 fully saturated rings. The fraction of sp³-hybridized carbons (Fsp3) is 0.333. The summed E-state index contributed by atoms with van der Waals surface area (Å²) in [5.41, 5.74) is 0.639. The van der Waals surface area contributed by atoms with Gasteiger partial charge in [0, 0.05) is 11.9 Å². The lowest BCUT2D eigenvalue weighted by Gasteiger charge is -2.32. The number of benzene rings is 1. The molecule has 1 saturated heterocycles.